The number of nitrogens with zero attached hydrogens (tertiary/aromatic N) is 2. The molecule has 0 aliphatic heterocycles. The molecule has 0 aliphatic carbocycles. The predicted molar refractivity (Wildman–Crippen MR) is 48.3 cm³/mol. The first-order chi connectivity index (χ1) is 5.33. The maximum atomic E-state index is 4.14. The SMILES string of the molecule is CCCCc1cc(Br)ncn1. The summed E-state index contributed by atoms with van der Waals surface area (Å²) in [6, 6.07) is 1.97. The quantitative estimate of drug-likeness (QED) is 0.724. The van der Waals surface area contributed by atoms with Crippen molar-refractivity contribution in [2.75, 3.05) is 0 Å². The average Bonchev–Trinajstić information content (AvgIpc) is 2.01. The Morgan fingerprint density at radius 1 is 1.45 bits per heavy atom. The Balaban J connectivity index is 2.56. The first-order valence-corrected chi connectivity index (χ1v) is 4.58. The van der Waals surface area contributed by atoms with Crippen molar-refractivity contribution in [2.45, 2.75) is 26.2 Å². The van der Waals surface area contributed by atoms with Crippen LogP contribution in [0.3, 0.4) is 0 Å². The number of unbranched alkanes of at least 4 members (excludes halogenated alkanes) is 1. The smallest absolute Gasteiger partial charge is 0.116 e. The molecule has 1 aromatic heterocycles. The maximum absolute atomic E-state index is 4.14. The second-order valence-corrected chi connectivity index (χ2v) is 3.25. The van der Waals surface area contributed by atoms with E-state index in [2.05, 4.69) is 32.8 Å². The van der Waals surface area contributed by atoms with Gasteiger partial charge < -0.3 is 0 Å². The van der Waals surface area contributed by atoms with Gasteiger partial charge >= 0.3 is 0 Å². The van der Waals surface area contributed by atoms with E-state index < -0.39 is 0 Å². The van der Waals surface area contributed by atoms with E-state index in [1.54, 1.807) is 6.33 Å². The molecule has 1 aromatic rings. The number of halogens is 1. The number of aromatic nitrogens is 2. The number of aryl methyl sites for hydroxylation is 1. The van der Waals surface area contributed by atoms with Crippen molar-refractivity contribution in [1.82, 2.24) is 9.97 Å². The molecule has 2 nitrogen and oxygen atoms in total. The molecule has 1 rings (SSSR count). The normalized spacial score (nSPS) is 10.0. The van der Waals surface area contributed by atoms with Crippen molar-refractivity contribution in [3.05, 3.63) is 22.7 Å². The Hall–Kier alpha value is -0.440. The van der Waals surface area contributed by atoms with Gasteiger partial charge in [0.15, 0.2) is 0 Å². The van der Waals surface area contributed by atoms with E-state index in [4.69, 9.17) is 0 Å². The molecule has 0 aromatic carbocycles. The lowest BCUT2D eigenvalue weighted by atomic mass is 10.2. The molecule has 11 heavy (non-hydrogen) atoms. The fourth-order valence-electron chi connectivity index (χ4n) is 0.865. The zero-order chi connectivity index (χ0) is 8.10. The molecular weight excluding hydrogens is 204 g/mol. The predicted octanol–water partition coefficient (Wildman–Crippen LogP) is 2.58. The summed E-state index contributed by atoms with van der Waals surface area (Å²) in [6.45, 7) is 2.18. The van der Waals surface area contributed by atoms with Gasteiger partial charge in [-0.15, -0.1) is 0 Å². The van der Waals surface area contributed by atoms with Crippen LogP contribution in [0.25, 0.3) is 0 Å². The van der Waals surface area contributed by atoms with Gasteiger partial charge in [-0.05, 0) is 34.8 Å². The highest BCUT2D eigenvalue weighted by molar-refractivity contribution is 9.10. The van der Waals surface area contributed by atoms with Crippen molar-refractivity contribution in [3.8, 4) is 0 Å². The molecule has 0 N–H and O–H groups in total. The third-order valence-electron chi connectivity index (χ3n) is 1.48. The summed E-state index contributed by atoms with van der Waals surface area (Å²) in [6.07, 6.45) is 5.05. The first kappa shape index (κ1) is 8.65. The van der Waals surface area contributed by atoms with E-state index in [1.165, 1.54) is 12.8 Å². The highest BCUT2D eigenvalue weighted by atomic mass is 79.9. The molecule has 0 unspecified atom stereocenters. The lowest BCUT2D eigenvalue weighted by molar-refractivity contribution is 0.772. The minimum absolute atomic E-state index is 0.874. The summed E-state index contributed by atoms with van der Waals surface area (Å²) < 4.78 is 0.874. The topological polar surface area (TPSA) is 25.8 Å². The van der Waals surface area contributed by atoms with Crippen LogP contribution in [-0.4, -0.2) is 9.97 Å². The van der Waals surface area contributed by atoms with Gasteiger partial charge in [-0.2, -0.15) is 0 Å². The van der Waals surface area contributed by atoms with Gasteiger partial charge in [0.05, 0.1) is 0 Å². The minimum Gasteiger partial charge on any atom is -0.241 e. The first-order valence-electron chi connectivity index (χ1n) is 3.79. The number of hydrogen-bond acceptors (Lipinski definition) is 2. The van der Waals surface area contributed by atoms with Crippen LogP contribution < -0.4 is 0 Å². The summed E-state index contributed by atoms with van der Waals surface area (Å²) in [7, 11) is 0. The Bertz CT molecular complexity index is 225. The Morgan fingerprint density at radius 3 is 2.91 bits per heavy atom. The van der Waals surface area contributed by atoms with Crippen molar-refractivity contribution in [2.24, 2.45) is 0 Å². The van der Waals surface area contributed by atoms with Crippen LogP contribution in [0.1, 0.15) is 25.5 Å². The van der Waals surface area contributed by atoms with Crippen LogP contribution in [0.2, 0.25) is 0 Å². The zero-order valence-corrected chi connectivity index (χ0v) is 8.13. The third-order valence-corrected chi connectivity index (χ3v) is 1.91. The highest BCUT2D eigenvalue weighted by Gasteiger charge is 1.94. The van der Waals surface area contributed by atoms with Gasteiger partial charge in [-0.1, -0.05) is 13.3 Å². The van der Waals surface area contributed by atoms with Crippen LogP contribution in [0, 0.1) is 0 Å². The van der Waals surface area contributed by atoms with Crippen LogP contribution in [0.15, 0.2) is 17.0 Å². The van der Waals surface area contributed by atoms with Crippen LogP contribution in [0.5, 0.6) is 0 Å². The van der Waals surface area contributed by atoms with Crippen LogP contribution >= 0.6 is 15.9 Å². The molecule has 60 valence electrons. The molecule has 0 spiro atoms. The van der Waals surface area contributed by atoms with Crippen LogP contribution in [0.4, 0.5) is 0 Å². The monoisotopic (exact) mass is 214 g/mol. The fourth-order valence-corrected chi connectivity index (χ4v) is 1.22. The van der Waals surface area contributed by atoms with E-state index >= 15 is 0 Å². The van der Waals surface area contributed by atoms with Crippen molar-refractivity contribution < 1.29 is 0 Å². The molecule has 0 amide bonds. The molecule has 0 radical (unpaired) electrons. The molecule has 1 heterocycles. The van der Waals surface area contributed by atoms with Gasteiger partial charge in [-0.3, -0.25) is 0 Å². The van der Waals surface area contributed by atoms with Gasteiger partial charge in [0.1, 0.15) is 10.9 Å². The molecular formula is C8H11BrN2. The Kier molecular flexibility index (Phi) is 3.49. The van der Waals surface area contributed by atoms with Gasteiger partial charge in [-0.25, -0.2) is 9.97 Å². The second kappa shape index (κ2) is 4.44. The van der Waals surface area contributed by atoms with E-state index in [1.807, 2.05) is 6.07 Å². The van der Waals surface area contributed by atoms with Gasteiger partial charge in [0.2, 0.25) is 0 Å². The Labute approximate surface area is 75.2 Å². The summed E-state index contributed by atoms with van der Waals surface area (Å²) in [5.41, 5.74) is 1.12. The number of rotatable bonds is 3. The van der Waals surface area contributed by atoms with Crippen molar-refractivity contribution >= 4 is 15.9 Å². The van der Waals surface area contributed by atoms with E-state index in [0.717, 1.165) is 16.7 Å². The molecule has 0 fully saturated rings. The molecule has 3 heteroatoms. The number of hydrogen-bond donors (Lipinski definition) is 0. The minimum atomic E-state index is 0.874. The molecule has 0 aliphatic rings. The van der Waals surface area contributed by atoms with E-state index in [9.17, 15) is 0 Å². The molecule has 0 saturated heterocycles. The zero-order valence-electron chi connectivity index (χ0n) is 6.55. The summed E-state index contributed by atoms with van der Waals surface area (Å²) in [4.78, 5) is 8.09. The lowest BCUT2D eigenvalue weighted by Crippen LogP contribution is -1.90. The molecule has 0 bridgehead atoms. The molecule has 0 saturated carbocycles. The van der Waals surface area contributed by atoms with E-state index in [-0.39, 0.29) is 0 Å². The van der Waals surface area contributed by atoms with E-state index in [0.29, 0.717) is 0 Å². The fraction of sp³-hybridized carbons (Fsp3) is 0.500. The second-order valence-electron chi connectivity index (χ2n) is 2.44. The maximum Gasteiger partial charge on any atom is 0.116 e. The average molecular weight is 215 g/mol. The lowest BCUT2D eigenvalue weighted by Gasteiger charge is -1.97. The highest BCUT2D eigenvalue weighted by Crippen LogP contribution is 2.07. The summed E-state index contributed by atoms with van der Waals surface area (Å²) in [5, 5.41) is 0. The van der Waals surface area contributed by atoms with Crippen molar-refractivity contribution in [3.63, 3.8) is 0 Å². The van der Waals surface area contributed by atoms with Gasteiger partial charge in [0.25, 0.3) is 0 Å². The standard InChI is InChI=1S/C8H11BrN2/c1-2-3-4-7-5-8(9)11-6-10-7/h5-6H,2-4H2,1H3. The summed E-state index contributed by atoms with van der Waals surface area (Å²) >= 11 is 3.30. The summed E-state index contributed by atoms with van der Waals surface area (Å²) in [5.74, 6) is 0. The Morgan fingerprint density at radius 2 is 2.27 bits per heavy atom. The third kappa shape index (κ3) is 2.97. The van der Waals surface area contributed by atoms with Crippen LogP contribution in [-0.2, 0) is 6.42 Å². The van der Waals surface area contributed by atoms with Gasteiger partial charge in [0, 0.05) is 5.69 Å². The molecule has 0 atom stereocenters. The largest absolute Gasteiger partial charge is 0.241 e. The van der Waals surface area contributed by atoms with Crippen molar-refractivity contribution in [1.29, 1.82) is 0 Å².